The number of hydrogen-bond donors (Lipinski definition) is 1. The summed E-state index contributed by atoms with van der Waals surface area (Å²) in [5.41, 5.74) is 0.372. The van der Waals surface area contributed by atoms with Gasteiger partial charge in [0, 0.05) is 16.8 Å². The molecule has 1 N–H and O–H groups in total. The second kappa shape index (κ2) is 8.25. The van der Waals surface area contributed by atoms with Crippen molar-refractivity contribution >= 4 is 34.1 Å². The van der Waals surface area contributed by atoms with Gasteiger partial charge in [0.25, 0.3) is 5.56 Å². The first-order chi connectivity index (χ1) is 14.0. The van der Waals surface area contributed by atoms with Crippen molar-refractivity contribution in [1.82, 2.24) is 9.13 Å². The minimum atomic E-state index is -0.424. The third kappa shape index (κ3) is 3.98. The van der Waals surface area contributed by atoms with Crippen molar-refractivity contribution in [3.8, 4) is 0 Å². The Bertz CT molecular complexity index is 1160. The summed E-state index contributed by atoms with van der Waals surface area (Å²) in [6.07, 6.45) is 4.74. The first kappa shape index (κ1) is 19.5. The molecule has 0 aliphatic heterocycles. The van der Waals surface area contributed by atoms with Gasteiger partial charge in [-0.2, -0.15) is 0 Å². The number of anilines is 1. The second-order valence-electron chi connectivity index (χ2n) is 7.41. The predicted octanol–water partition coefficient (Wildman–Crippen LogP) is 3.96. The number of rotatable bonds is 4. The molecule has 6 nitrogen and oxygen atoms in total. The van der Waals surface area contributed by atoms with Crippen LogP contribution in [0, 0.1) is 0 Å². The first-order valence-corrected chi connectivity index (χ1v) is 10.2. The normalized spacial score (nSPS) is 14.8. The third-order valence-corrected chi connectivity index (χ3v) is 5.70. The fourth-order valence-corrected chi connectivity index (χ4v) is 4.16. The van der Waals surface area contributed by atoms with Gasteiger partial charge < -0.3 is 5.32 Å². The highest BCUT2D eigenvalue weighted by atomic mass is 35.5. The minimum absolute atomic E-state index is 0.112. The molecule has 0 spiro atoms. The van der Waals surface area contributed by atoms with E-state index in [0.29, 0.717) is 21.6 Å². The molecule has 1 saturated carbocycles. The zero-order valence-electron chi connectivity index (χ0n) is 15.9. The van der Waals surface area contributed by atoms with Crippen LogP contribution in [0.2, 0.25) is 5.02 Å². The van der Waals surface area contributed by atoms with E-state index in [1.807, 2.05) is 0 Å². The largest absolute Gasteiger partial charge is 0.332 e. The van der Waals surface area contributed by atoms with Crippen molar-refractivity contribution in [2.75, 3.05) is 5.32 Å². The fourth-order valence-electron chi connectivity index (χ4n) is 4.03. The van der Waals surface area contributed by atoms with Crippen molar-refractivity contribution in [3.63, 3.8) is 0 Å². The van der Waals surface area contributed by atoms with Crippen molar-refractivity contribution < 1.29 is 4.79 Å². The molecule has 1 aromatic heterocycles. The lowest BCUT2D eigenvalue weighted by Crippen LogP contribution is -2.44. The number of carbonyl (C=O) groups excluding carboxylic acids is 1. The van der Waals surface area contributed by atoms with Crippen LogP contribution in [0.25, 0.3) is 10.9 Å². The van der Waals surface area contributed by atoms with Crippen LogP contribution < -0.4 is 16.6 Å². The van der Waals surface area contributed by atoms with E-state index in [9.17, 15) is 14.4 Å². The molecule has 3 aromatic rings. The predicted molar refractivity (Wildman–Crippen MR) is 115 cm³/mol. The number of benzene rings is 2. The summed E-state index contributed by atoms with van der Waals surface area (Å²) in [4.78, 5) is 39.0. The van der Waals surface area contributed by atoms with Gasteiger partial charge in [0.2, 0.25) is 5.91 Å². The molecule has 7 heteroatoms. The number of nitrogens with one attached hydrogen (secondary N) is 1. The molecule has 0 unspecified atom stereocenters. The number of carbonyl (C=O) groups is 1. The summed E-state index contributed by atoms with van der Waals surface area (Å²) in [5, 5.41) is 3.81. The van der Waals surface area contributed by atoms with Gasteiger partial charge in [0.1, 0.15) is 6.54 Å². The maximum atomic E-state index is 13.3. The molecular weight excluding hydrogens is 390 g/mol. The number of fused-ring (bicyclic) bond motifs is 1. The number of para-hydroxylation sites is 1. The summed E-state index contributed by atoms with van der Waals surface area (Å²) < 4.78 is 2.76. The Morgan fingerprint density at radius 1 is 1.00 bits per heavy atom. The number of aromatic nitrogens is 2. The lowest BCUT2D eigenvalue weighted by molar-refractivity contribution is -0.116. The lowest BCUT2D eigenvalue weighted by atomic mass is 9.95. The molecule has 29 heavy (non-hydrogen) atoms. The second-order valence-corrected chi connectivity index (χ2v) is 7.84. The van der Waals surface area contributed by atoms with E-state index in [0.717, 1.165) is 32.1 Å². The summed E-state index contributed by atoms with van der Waals surface area (Å²) in [6, 6.07) is 13.6. The Morgan fingerprint density at radius 3 is 2.41 bits per heavy atom. The molecule has 0 bridgehead atoms. The molecule has 1 heterocycles. The zero-order valence-corrected chi connectivity index (χ0v) is 16.7. The van der Waals surface area contributed by atoms with Gasteiger partial charge in [-0.25, -0.2) is 4.79 Å². The maximum absolute atomic E-state index is 13.3. The molecule has 150 valence electrons. The number of amides is 1. The van der Waals surface area contributed by atoms with Crippen LogP contribution in [0.15, 0.2) is 58.1 Å². The van der Waals surface area contributed by atoms with E-state index in [1.54, 1.807) is 48.5 Å². The number of nitrogens with zero attached hydrogens (tertiary/aromatic N) is 2. The van der Waals surface area contributed by atoms with Gasteiger partial charge in [-0.3, -0.25) is 18.7 Å². The molecule has 1 fully saturated rings. The van der Waals surface area contributed by atoms with E-state index in [1.165, 1.54) is 9.13 Å². The smallest absolute Gasteiger partial charge is 0.325 e. The molecule has 1 amide bonds. The lowest BCUT2D eigenvalue weighted by Gasteiger charge is -2.24. The van der Waals surface area contributed by atoms with Crippen molar-refractivity contribution in [3.05, 3.63) is 74.4 Å². The van der Waals surface area contributed by atoms with Crippen molar-refractivity contribution in [2.45, 2.75) is 44.7 Å². The topological polar surface area (TPSA) is 73.1 Å². The average molecular weight is 412 g/mol. The van der Waals surface area contributed by atoms with Gasteiger partial charge in [0.15, 0.2) is 0 Å². The third-order valence-electron chi connectivity index (χ3n) is 5.45. The van der Waals surface area contributed by atoms with Crippen molar-refractivity contribution in [2.24, 2.45) is 0 Å². The summed E-state index contributed by atoms with van der Waals surface area (Å²) >= 11 is 5.88. The van der Waals surface area contributed by atoms with E-state index >= 15 is 0 Å². The average Bonchev–Trinajstić information content (AvgIpc) is 2.74. The zero-order chi connectivity index (χ0) is 20.4. The molecule has 1 aliphatic rings. The fraction of sp³-hybridized carbons (Fsp3) is 0.318. The summed E-state index contributed by atoms with van der Waals surface area (Å²) in [5.74, 6) is -0.339. The Labute approximate surface area is 172 Å². The van der Waals surface area contributed by atoms with Crippen LogP contribution in [0.5, 0.6) is 0 Å². The van der Waals surface area contributed by atoms with Gasteiger partial charge in [0.05, 0.1) is 10.9 Å². The number of halogens is 1. The van der Waals surface area contributed by atoms with Crippen LogP contribution in [-0.4, -0.2) is 15.0 Å². The standard InChI is InChI=1S/C22H22ClN3O3/c23-15-10-12-16(13-11-15)24-20(27)14-25-19-9-5-4-8-18(19)21(28)26(22(25)29)17-6-2-1-3-7-17/h4-5,8-13,17H,1-3,6-7,14H2,(H,24,27). The van der Waals surface area contributed by atoms with Crippen molar-refractivity contribution in [1.29, 1.82) is 0 Å². The maximum Gasteiger partial charge on any atom is 0.332 e. The van der Waals surface area contributed by atoms with Gasteiger partial charge in [-0.15, -0.1) is 0 Å². The minimum Gasteiger partial charge on any atom is -0.325 e. The van der Waals surface area contributed by atoms with Crippen LogP contribution in [-0.2, 0) is 11.3 Å². The van der Waals surface area contributed by atoms with Crippen LogP contribution >= 0.6 is 11.6 Å². The van der Waals surface area contributed by atoms with E-state index < -0.39 is 5.69 Å². The SMILES string of the molecule is O=C(Cn1c(=O)n(C2CCCCC2)c(=O)c2ccccc21)Nc1ccc(Cl)cc1. The molecular formula is C22H22ClN3O3. The van der Waals surface area contributed by atoms with Crippen LogP contribution in [0.1, 0.15) is 38.1 Å². The molecule has 2 aromatic carbocycles. The molecule has 0 atom stereocenters. The molecule has 4 rings (SSSR count). The first-order valence-electron chi connectivity index (χ1n) is 9.84. The van der Waals surface area contributed by atoms with Crippen LogP contribution in [0.4, 0.5) is 5.69 Å². The Hall–Kier alpha value is -2.86. The summed E-state index contributed by atoms with van der Waals surface area (Å²) in [7, 11) is 0. The summed E-state index contributed by atoms with van der Waals surface area (Å²) in [6.45, 7) is -0.172. The van der Waals surface area contributed by atoms with E-state index in [2.05, 4.69) is 5.32 Å². The van der Waals surface area contributed by atoms with E-state index in [-0.39, 0.29) is 24.1 Å². The van der Waals surface area contributed by atoms with Gasteiger partial charge in [-0.1, -0.05) is 43.0 Å². The van der Waals surface area contributed by atoms with Gasteiger partial charge >= 0.3 is 5.69 Å². The Balaban J connectivity index is 1.74. The van der Waals surface area contributed by atoms with E-state index in [4.69, 9.17) is 11.6 Å². The highest BCUT2D eigenvalue weighted by molar-refractivity contribution is 6.30. The Kier molecular flexibility index (Phi) is 5.53. The van der Waals surface area contributed by atoms with Gasteiger partial charge in [-0.05, 0) is 49.2 Å². The Morgan fingerprint density at radius 2 is 1.69 bits per heavy atom. The highest BCUT2D eigenvalue weighted by Gasteiger charge is 2.22. The quantitative estimate of drug-likeness (QED) is 0.706. The molecule has 0 radical (unpaired) electrons. The number of hydrogen-bond acceptors (Lipinski definition) is 3. The molecule has 0 saturated heterocycles. The highest BCUT2D eigenvalue weighted by Crippen LogP contribution is 2.26. The monoisotopic (exact) mass is 411 g/mol. The molecule has 1 aliphatic carbocycles. The van der Waals surface area contributed by atoms with Crippen LogP contribution in [0.3, 0.4) is 0 Å².